The number of aryl methyl sites for hydroxylation is 1. The lowest BCUT2D eigenvalue weighted by Gasteiger charge is -2.08. The fourth-order valence-electron chi connectivity index (χ4n) is 3.37. The van der Waals surface area contributed by atoms with Crippen LogP contribution in [0, 0.1) is 0 Å². The van der Waals surface area contributed by atoms with Crippen LogP contribution in [0.15, 0.2) is 71.7 Å². The second-order valence-corrected chi connectivity index (χ2v) is 7.67. The summed E-state index contributed by atoms with van der Waals surface area (Å²) in [6.45, 7) is 2.72. The SMILES string of the molecule is CCn1c(=NC(=O)c2ccc(-c3ccccc3)cc2)sc2cc(OC)c(OC)cc21. The molecule has 0 spiro atoms. The number of fused-ring (bicyclic) bond motifs is 1. The maximum absolute atomic E-state index is 12.8. The molecular weight excluding hydrogens is 396 g/mol. The number of ether oxygens (including phenoxy) is 2. The molecule has 3 aromatic carbocycles. The summed E-state index contributed by atoms with van der Waals surface area (Å²) >= 11 is 1.46. The standard InChI is InChI=1S/C24H22N2O3S/c1-4-26-19-14-20(28-2)21(29-3)15-22(19)30-24(26)25-23(27)18-12-10-17(11-13-18)16-8-6-5-7-9-16/h5-15H,4H2,1-3H3. The maximum Gasteiger partial charge on any atom is 0.279 e. The molecule has 0 aliphatic rings. The minimum Gasteiger partial charge on any atom is -0.493 e. The Morgan fingerprint density at radius 3 is 2.20 bits per heavy atom. The van der Waals surface area contributed by atoms with Crippen molar-refractivity contribution in [3.8, 4) is 22.6 Å². The molecule has 30 heavy (non-hydrogen) atoms. The number of rotatable bonds is 5. The van der Waals surface area contributed by atoms with Crippen molar-refractivity contribution in [2.75, 3.05) is 14.2 Å². The number of carbonyl (C=O) groups excluding carboxylic acids is 1. The molecule has 4 aromatic rings. The number of thiazole rings is 1. The molecule has 4 rings (SSSR count). The van der Waals surface area contributed by atoms with E-state index >= 15 is 0 Å². The zero-order valence-electron chi connectivity index (χ0n) is 17.1. The summed E-state index contributed by atoms with van der Waals surface area (Å²) in [5.74, 6) is 1.05. The molecule has 5 nitrogen and oxygen atoms in total. The van der Waals surface area contributed by atoms with E-state index in [0.29, 0.717) is 28.4 Å². The largest absolute Gasteiger partial charge is 0.493 e. The van der Waals surface area contributed by atoms with E-state index in [9.17, 15) is 4.79 Å². The average molecular weight is 419 g/mol. The van der Waals surface area contributed by atoms with Crippen LogP contribution in [0.4, 0.5) is 0 Å². The lowest BCUT2D eigenvalue weighted by Crippen LogP contribution is -2.15. The average Bonchev–Trinajstić information content (AvgIpc) is 3.14. The number of hydrogen-bond acceptors (Lipinski definition) is 4. The zero-order valence-corrected chi connectivity index (χ0v) is 17.9. The molecule has 0 aliphatic carbocycles. The normalized spacial score (nSPS) is 11.6. The lowest BCUT2D eigenvalue weighted by atomic mass is 10.0. The fourth-order valence-corrected chi connectivity index (χ4v) is 4.48. The van der Waals surface area contributed by atoms with Crippen molar-refractivity contribution in [1.29, 1.82) is 0 Å². The van der Waals surface area contributed by atoms with Crippen LogP contribution in [-0.4, -0.2) is 24.7 Å². The molecule has 6 heteroatoms. The Balaban J connectivity index is 1.72. The van der Waals surface area contributed by atoms with Gasteiger partial charge in [-0.1, -0.05) is 53.8 Å². The van der Waals surface area contributed by atoms with E-state index in [0.717, 1.165) is 21.3 Å². The summed E-state index contributed by atoms with van der Waals surface area (Å²) in [6.07, 6.45) is 0. The summed E-state index contributed by atoms with van der Waals surface area (Å²) in [6, 6.07) is 21.5. The maximum atomic E-state index is 12.8. The highest BCUT2D eigenvalue weighted by molar-refractivity contribution is 7.16. The summed E-state index contributed by atoms with van der Waals surface area (Å²) in [7, 11) is 3.22. The first-order chi connectivity index (χ1) is 14.6. The van der Waals surface area contributed by atoms with Crippen LogP contribution in [0.5, 0.6) is 11.5 Å². The van der Waals surface area contributed by atoms with E-state index in [2.05, 4.69) is 4.99 Å². The molecule has 0 bridgehead atoms. The molecule has 0 saturated carbocycles. The summed E-state index contributed by atoms with van der Waals surface area (Å²) in [5, 5.41) is 0. The molecule has 1 aromatic heterocycles. The van der Waals surface area contributed by atoms with Crippen LogP contribution in [-0.2, 0) is 6.54 Å². The first-order valence-corrected chi connectivity index (χ1v) is 10.5. The van der Waals surface area contributed by atoms with Crippen LogP contribution >= 0.6 is 11.3 Å². The first kappa shape index (κ1) is 19.9. The third-order valence-corrected chi connectivity index (χ3v) is 5.98. The van der Waals surface area contributed by atoms with E-state index in [1.165, 1.54) is 11.3 Å². The van der Waals surface area contributed by atoms with Crippen molar-refractivity contribution < 1.29 is 14.3 Å². The van der Waals surface area contributed by atoms with Crippen LogP contribution in [0.3, 0.4) is 0 Å². The Kier molecular flexibility index (Phi) is 5.68. The van der Waals surface area contributed by atoms with Gasteiger partial charge in [0.15, 0.2) is 16.3 Å². The molecule has 0 saturated heterocycles. The predicted molar refractivity (Wildman–Crippen MR) is 120 cm³/mol. The number of nitrogens with zero attached hydrogens (tertiary/aromatic N) is 2. The third-order valence-electron chi connectivity index (χ3n) is 4.94. The van der Waals surface area contributed by atoms with Gasteiger partial charge in [-0.05, 0) is 30.2 Å². The van der Waals surface area contributed by atoms with Crippen molar-refractivity contribution in [2.24, 2.45) is 4.99 Å². The Morgan fingerprint density at radius 2 is 1.57 bits per heavy atom. The Bertz CT molecular complexity index is 1260. The van der Waals surface area contributed by atoms with Crippen LogP contribution < -0.4 is 14.3 Å². The quantitative estimate of drug-likeness (QED) is 0.450. The second-order valence-electron chi connectivity index (χ2n) is 6.66. The van der Waals surface area contributed by atoms with E-state index < -0.39 is 0 Å². The molecule has 0 fully saturated rings. The molecule has 0 radical (unpaired) electrons. The van der Waals surface area contributed by atoms with Crippen LogP contribution in [0.1, 0.15) is 17.3 Å². The van der Waals surface area contributed by atoms with E-state index in [4.69, 9.17) is 9.47 Å². The summed E-state index contributed by atoms with van der Waals surface area (Å²) in [4.78, 5) is 17.9. The highest BCUT2D eigenvalue weighted by atomic mass is 32.1. The van der Waals surface area contributed by atoms with Crippen molar-refractivity contribution in [3.05, 3.63) is 77.1 Å². The first-order valence-electron chi connectivity index (χ1n) is 9.64. The monoisotopic (exact) mass is 418 g/mol. The molecule has 0 unspecified atom stereocenters. The number of benzene rings is 3. The highest BCUT2D eigenvalue weighted by Gasteiger charge is 2.13. The lowest BCUT2D eigenvalue weighted by molar-refractivity contribution is 0.0998. The molecular formula is C24H22N2O3S. The molecule has 152 valence electrons. The Labute approximate surface area is 178 Å². The van der Waals surface area contributed by atoms with Gasteiger partial charge in [-0.3, -0.25) is 4.79 Å². The van der Waals surface area contributed by atoms with Gasteiger partial charge in [-0.2, -0.15) is 4.99 Å². The van der Waals surface area contributed by atoms with Gasteiger partial charge in [-0.15, -0.1) is 0 Å². The van der Waals surface area contributed by atoms with Gasteiger partial charge in [-0.25, -0.2) is 0 Å². The number of aromatic nitrogens is 1. The smallest absolute Gasteiger partial charge is 0.279 e. The summed E-state index contributed by atoms with van der Waals surface area (Å²) < 4.78 is 13.8. The van der Waals surface area contributed by atoms with E-state index in [1.807, 2.05) is 78.2 Å². The minimum absolute atomic E-state index is 0.262. The van der Waals surface area contributed by atoms with Gasteiger partial charge in [0.2, 0.25) is 0 Å². The van der Waals surface area contributed by atoms with Gasteiger partial charge < -0.3 is 14.0 Å². The van der Waals surface area contributed by atoms with Crippen molar-refractivity contribution in [1.82, 2.24) is 4.57 Å². The third kappa shape index (κ3) is 3.74. The van der Waals surface area contributed by atoms with Crippen molar-refractivity contribution >= 4 is 27.5 Å². The van der Waals surface area contributed by atoms with Crippen LogP contribution in [0.2, 0.25) is 0 Å². The topological polar surface area (TPSA) is 52.8 Å². The van der Waals surface area contributed by atoms with Crippen molar-refractivity contribution in [3.63, 3.8) is 0 Å². The van der Waals surface area contributed by atoms with Crippen LogP contribution in [0.25, 0.3) is 21.3 Å². The van der Waals surface area contributed by atoms with Gasteiger partial charge in [0.25, 0.3) is 5.91 Å². The van der Waals surface area contributed by atoms with Gasteiger partial charge >= 0.3 is 0 Å². The van der Waals surface area contributed by atoms with Crippen molar-refractivity contribution in [2.45, 2.75) is 13.5 Å². The zero-order chi connectivity index (χ0) is 21.1. The number of methoxy groups -OCH3 is 2. The van der Waals surface area contributed by atoms with E-state index in [-0.39, 0.29) is 5.91 Å². The highest BCUT2D eigenvalue weighted by Crippen LogP contribution is 2.33. The molecule has 0 atom stereocenters. The fraction of sp³-hybridized carbons (Fsp3) is 0.167. The molecule has 0 N–H and O–H groups in total. The van der Waals surface area contributed by atoms with Gasteiger partial charge in [0.1, 0.15) is 0 Å². The number of hydrogen-bond donors (Lipinski definition) is 0. The minimum atomic E-state index is -0.262. The molecule has 0 aliphatic heterocycles. The predicted octanol–water partition coefficient (Wildman–Crippen LogP) is 5.15. The number of carbonyl (C=O) groups is 1. The Hall–Kier alpha value is -3.38. The number of amides is 1. The van der Waals surface area contributed by atoms with Gasteiger partial charge in [0, 0.05) is 24.2 Å². The second kappa shape index (κ2) is 8.55. The van der Waals surface area contributed by atoms with Gasteiger partial charge in [0.05, 0.1) is 24.4 Å². The summed E-state index contributed by atoms with van der Waals surface area (Å²) in [5.41, 5.74) is 3.71. The molecule has 1 heterocycles. The Morgan fingerprint density at radius 1 is 0.933 bits per heavy atom. The molecule has 1 amide bonds. The van der Waals surface area contributed by atoms with E-state index in [1.54, 1.807) is 14.2 Å².